The summed E-state index contributed by atoms with van der Waals surface area (Å²) in [4.78, 5) is 20.1. The molecular weight excluding hydrogens is 782 g/mol. The number of ether oxygens (including phenoxy) is 2. The van der Waals surface area contributed by atoms with Crippen molar-refractivity contribution in [2.45, 2.75) is 96.9 Å². The Hall–Kier alpha value is -3.84. The number of aromatic nitrogens is 1. The first-order valence-electron chi connectivity index (χ1n) is 20.1. The quantitative estimate of drug-likeness (QED) is 0.0435. The number of nitrogens with zero attached hydrogens (tertiary/aromatic N) is 2. The highest BCUT2D eigenvalue weighted by molar-refractivity contribution is 7.15. The number of thiazole rings is 1. The summed E-state index contributed by atoms with van der Waals surface area (Å²) < 4.78 is 39.5. The van der Waals surface area contributed by atoms with E-state index in [1.807, 2.05) is 25.1 Å². The van der Waals surface area contributed by atoms with Crippen molar-refractivity contribution in [1.29, 1.82) is 0 Å². The molecule has 0 saturated heterocycles. The molecule has 1 N–H and O–H groups in total. The van der Waals surface area contributed by atoms with E-state index >= 15 is 0 Å². The number of benzene rings is 3. The lowest BCUT2D eigenvalue weighted by Gasteiger charge is -2.37. The Bertz CT molecular complexity index is 1970. The number of carbonyl (C=O) groups is 1. The highest BCUT2D eigenvalue weighted by atomic mass is 32.1. The van der Waals surface area contributed by atoms with E-state index in [1.54, 1.807) is 12.1 Å². The van der Waals surface area contributed by atoms with Gasteiger partial charge in [-0.1, -0.05) is 108 Å². The largest absolute Gasteiger partial charge is 0.491 e. The van der Waals surface area contributed by atoms with Gasteiger partial charge in [-0.15, -0.1) is 11.3 Å². The van der Waals surface area contributed by atoms with Crippen molar-refractivity contribution in [1.82, 2.24) is 9.88 Å². The van der Waals surface area contributed by atoms with E-state index in [0.717, 1.165) is 17.7 Å². The summed E-state index contributed by atoms with van der Waals surface area (Å²) in [6.45, 7) is 20.1. The van der Waals surface area contributed by atoms with Gasteiger partial charge in [-0.3, -0.25) is 4.90 Å². The molecular formula is C46H63FN3O5SSi2. The van der Waals surface area contributed by atoms with Gasteiger partial charge in [0.2, 0.25) is 0 Å². The predicted molar refractivity (Wildman–Crippen MR) is 241 cm³/mol. The molecule has 0 aliphatic rings. The molecule has 3 aromatic carbocycles. The summed E-state index contributed by atoms with van der Waals surface area (Å²) in [6, 6.07) is 24.2. The molecule has 1 radical (unpaired) electrons. The van der Waals surface area contributed by atoms with E-state index in [2.05, 4.69) is 125 Å². The zero-order valence-electron chi connectivity index (χ0n) is 36.4. The van der Waals surface area contributed by atoms with E-state index in [0.29, 0.717) is 48.9 Å². The second-order valence-corrected chi connectivity index (χ2v) is 25.3. The number of halogens is 1. The van der Waals surface area contributed by atoms with Crippen molar-refractivity contribution in [2.75, 3.05) is 52.8 Å². The maximum atomic E-state index is 14.7. The van der Waals surface area contributed by atoms with Crippen molar-refractivity contribution in [3.8, 4) is 17.6 Å². The van der Waals surface area contributed by atoms with Crippen molar-refractivity contribution < 1.29 is 27.5 Å². The normalized spacial score (nSPS) is 12.7. The minimum atomic E-state index is -2.04. The summed E-state index contributed by atoms with van der Waals surface area (Å²) in [7, 11) is 1.59. The number of carbonyl (C=O) groups excluding carboxylic acids is 1. The first kappa shape index (κ1) is 46.8. The van der Waals surface area contributed by atoms with Gasteiger partial charge >= 0.3 is 5.97 Å². The van der Waals surface area contributed by atoms with Gasteiger partial charge in [0.05, 0.1) is 33.0 Å². The summed E-state index contributed by atoms with van der Waals surface area (Å²) in [5, 5.41) is 6.58. The van der Waals surface area contributed by atoms with E-state index in [-0.39, 0.29) is 28.9 Å². The fourth-order valence-electron chi connectivity index (χ4n) is 5.66. The highest BCUT2D eigenvalue weighted by Crippen LogP contribution is 2.37. The first-order valence-corrected chi connectivity index (χ1v) is 25.2. The first-order chi connectivity index (χ1) is 27.4. The fraction of sp³-hybridized carbons (Fsp3) is 0.478. The molecule has 4 rings (SSSR count). The summed E-state index contributed by atoms with van der Waals surface area (Å²) in [5.41, 5.74) is 2.24. The zero-order valence-corrected chi connectivity index (χ0v) is 39.2. The van der Waals surface area contributed by atoms with Crippen LogP contribution < -0.4 is 20.4 Å². The molecule has 1 atom stereocenters. The molecule has 4 aromatic rings. The third-order valence-electron chi connectivity index (χ3n) is 10.2. The second kappa shape index (κ2) is 21.4. The van der Waals surface area contributed by atoms with Crippen LogP contribution in [0.25, 0.3) is 0 Å². The number of esters is 1. The molecule has 1 heterocycles. The molecule has 0 aliphatic carbocycles. The number of anilines is 1. The van der Waals surface area contributed by atoms with Crippen molar-refractivity contribution in [3.63, 3.8) is 0 Å². The Morgan fingerprint density at radius 2 is 1.67 bits per heavy atom. The monoisotopic (exact) mass is 844 g/mol. The minimum absolute atomic E-state index is 0.0615. The third kappa shape index (κ3) is 14.2. The van der Waals surface area contributed by atoms with Crippen molar-refractivity contribution >= 4 is 50.2 Å². The molecule has 0 amide bonds. The van der Waals surface area contributed by atoms with Gasteiger partial charge in [0.15, 0.2) is 30.7 Å². The van der Waals surface area contributed by atoms with Gasteiger partial charge in [0.1, 0.15) is 0 Å². The third-order valence-corrected chi connectivity index (χ3v) is 18.0. The second-order valence-electron chi connectivity index (χ2n) is 17.3. The van der Waals surface area contributed by atoms with E-state index in [4.69, 9.17) is 18.3 Å². The van der Waals surface area contributed by atoms with Crippen LogP contribution in [0.2, 0.25) is 18.1 Å². The maximum Gasteiger partial charge on any atom is 0.357 e. The Kier molecular flexibility index (Phi) is 17.3. The van der Waals surface area contributed by atoms with Crippen LogP contribution in [-0.2, 0) is 25.4 Å². The smallest absolute Gasteiger partial charge is 0.357 e. The average molecular weight is 845 g/mol. The average Bonchev–Trinajstić information content (AvgIpc) is 3.58. The van der Waals surface area contributed by atoms with Gasteiger partial charge in [-0.2, -0.15) is 0 Å². The van der Waals surface area contributed by atoms with Crippen LogP contribution in [0.3, 0.4) is 0 Å². The van der Waals surface area contributed by atoms with Crippen LogP contribution in [0.15, 0.2) is 72.8 Å². The fourth-order valence-corrected chi connectivity index (χ4v) is 9.80. The number of hydrogen-bond donors (Lipinski definition) is 1. The van der Waals surface area contributed by atoms with E-state index in [1.165, 1.54) is 40.4 Å². The van der Waals surface area contributed by atoms with Crippen LogP contribution in [0.1, 0.15) is 87.3 Å². The minimum Gasteiger partial charge on any atom is -0.491 e. The molecule has 1 unspecified atom stereocenters. The molecule has 8 nitrogen and oxygen atoms in total. The van der Waals surface area contributed by atoms with Crippen molar-refractivity contribution in [2.24, 2.45) is 0 Å². The van der Waals surface area contributed by atoms with Crippen LogP contribution in [0.4, 0.5) is 9.52 Å². The van der Waals surface area contributed by atoms with Gasteiger partial charge in [-0.05, 0) is 97.5 Å². The van der Waals surface area contributed by atoms with Crippen LogP contribution in [0, 0.1) is 17.7 Å². The number of nitrogens with one attached hydrogen (secondary N) is 1. The molecule has 1 aromatic heterocycles. The number of rotatable bonds is 19. The summed E-state index contributed by atoms with van der Waals surface area (Å²) in [5.74, 6) is 5.21. The number of hydrogen-bond acceptors (Lipinski definition) is 9. The topological polar surface area (TPSA) is 82.2 Å². The van der Waals surface area contributed by atoms with Gasteiger partial charge in [0, 0.05) is 17.0 Å². The molecule has 313 valence electrons. The molecule has 0 spiro atoms. The Morgan fingerprint density at radius 1 is 0.983 bits per heavy atom. The van der Waals surface area contributed by atoms with Gasteiger partial charge in [0.25, 0.3) is 9.04 Å². The molecule has 0 aliphatic heterocycles. The lowest BCUT2D eigenvalue weighted by molar-refractivity contribution is 0.0593. The van der Waals surface area contributed by atoms with E-state index < -0.39 is 29.1 Å². The molecule has 58 heavy (non-hydrogen) atoms. The Balaban J connectivity index is 1.42. The number of methoxy groups -OCH3 is 1. The molecule has 0 bridgehead atoms. The zero-order chi connectivity index (χ0) is 42.5. The molecule has 0 fully saturated rings. The van der Waals surface area contributed by atoms with Crippen LogP contribution in [0.5, 0.6) is 5.75 Å². The van der Waals surface area contributed by atoms with Crippen molar-refractivity contribution in [3.05, 3.63) is 100 Å². The lowest BCUT2D eigenvalue weighted by Crippen LogP contribution is -2.49. The van der Waals surface area contributed by atoms with E-state index in [9.17, 15) is 9.18 Å². The lowest BCUT2D eigenvalue weighted by atomic mass is 9.87. The highest BCUT2D eigenvalue weighted by Gasteiger charge is 2.38. The molecule has 0 saturated carbocycles. The summed E-state index contributed by atoms with van der Waals surface area (Å²) in [6.07, 6.45) is 2.55. The SMILES string of the molecule is COC(=O)c1nc(NCCCC(CO[Si](C)(C)C(C)(C)C)O[Si](c2ccccc2)c2ccc(C(C)(C)C)cc2)sc1CCCOc1ccc(C#CCN(C)C)cc1F. The Labute approximate surface area is 353 Å². The Morgan fingerprint density at radius 3 is 2.29 bits per heavy atom. The van der Waals surface area contributed by atoms with Crippen LogP contribution in [-0.4, -0.2) is 86.8 Å². The van der Waals surface area contributed by atoms with Crippen LogP contribution >= 0.6 is 11.3 Å². The number of aryl methyl sites for hydroxylation is 1. The van der Waals surface area contributed by atoms with Gasteiger partial charge in [-0.25, -0.2) is 14.2 Å². The standard InChI is InChI=1S/C46H63FN3O5SSi2/c1-45(2,3)35-24-26-38(27-25-35)57(37-20-13-12-14-21-37)55-36(33-54-58(10,11)46(4,5)6)19-15-29-48-44-49-42(43(51)52-9)41(56-44)22-17-31-53-40-28-23-34(32-39(40)47)18-16-30-50(7)8/h12-14,20-21,23-28,32,36H,15,17,19,22,29-31,33H2,1-11H3,(H,48,49). The molecule has 12 heteroatoms. The maximum absolute atomic E-state index is 14.7. The summed E-state index contributed by atoms with van der Waals surface area (Å²) >= 11 is 1.43. The van der Waals surface area contributed by atoms with Gasteiger partial charge < -0.3 is 23.6 Å². The predicted octanol–water partition coefficient (Wildman–Crippen LogP) is 8.70.